The van der Waals surface area contributed by atoms with Crippen LogP contribution in [0.2, 0.25) is 5.02 Å². The van der Waals surface area contributed by atoms with Gasteiger partial charge in [-0.2, -0.15) is 0 Å². The molecule has 0 saturated carbocycles. The van der Waals surface area contributed by atoms with Crippen LogP contribution in [0.4, 0.5) is 0 Å². The van der Waals surface area contributed by atoms with Crippen LogP contribution in [0.25, 0.3) is 0 Å². The quantitative estimate of drug-likeness (QED) is 0.918. The molecule has 0 unspecified atom stereocenters. The number of carboxylic acid groups (broad SMARTS) is 1. The van der Waals surface area contributed by atoms with Crippen molar-refractivity contribution < 1.29 is 19.4 Å². The maximum absolute atomic E-state index is 11.2. The highest BCUT2D eigenvalue weighted by atomic mass is 35.5. The lowest BCUT2D eigenvalue weighted by Gasteiger charge is -2.25. The molecule has 1 aromatic carbocycles. The van der Waals surface area contributed by atoms with Crippen molar-refractivity contribution in [3.8, 4) is 5.75 Å². The van der Waals surface area contributed by atoms with E-state index in [1.54, 1.807) is 26.0 Å². The molecule has 1 aliphatic rings. The van der Waals surface area contributed by atoms with E-state index in [0.717, 1.165) is 16.9 Å². The predicted molar refractivity (Wildman–Crippen MR) is 66.9 cm³/mol. The van der Waals surface area contributed by atoms with Crippen molar-refractivity contribution in [2.45, 2.75) is 26.9 Å². The summed E-state index contributed by atoms with van der Waals surface area (Å²) in [7, 11) is 0. The Kier molecular flexibility index (Phi) is 3.50. The molecule has 2 rings (SSSR count). The van der Waals surface area contributed by atoms with Crippen LogP contribution >= 0.6 is 11.6 Å². The van der Waals surface area contributed by atoms with Gasteiger partial charge in [0.05, 0.1) is 12.0 Å². The summed E-state index contributed by atoms with van der Waals surface area (Å²) in [5, 5.41) is 9.74. The summed E-state index contributed by atoms with van der Waals surface area (Å²) in [6.45, 7) is 3.97. The molecule has 0 atom stereocenters. The second kappa shape index (κ2) is 4.78. The number of rotatable bonds is 3. The molecule has 1 aromatic rings. The third-order valence-corrected chi connectivity index (χ3v) is 3.43. The van der Waals surface area contributed by atoms with Gasteiger partial charge >= 0.3 is 5.97 Å². The predicted octanol–water partition coefficient (Wildman–Crippen LogP) is 2.86. The first-order valence-corrected chi connectivity index (χ1v) is 6.04. The molecule has 4 nitrogen and oxygen atoms in total. The molecule has 0 spiro atoms. The molecule has 0 fully saturated rings. The van der Waals surface area contributed by atoms with Gasteiger partial charge < -0.3 is 14.6 Å². The number of hydrogen-bond acceptors (Lipinski definition) is 3. The van der Waals surface area contributed by atoms with E-state index in [9.17, 15) is 9.90 Å². The van der Waals surface area contributed by atoms with Crippen molar-refractivity contribution in [3.63, 3.8) is 0 Å². The number of ether oxygens (including phenoxy) is 2. The van der Waals surface area contributed by atoms with Crippen molar-refractivity contribution in [2.75, 3.05) is 6.79 Å². The maximum atomic E-state index is 11.2. The lowest BCUT2D eigenvalue weighted by Crippen LogP contribution is -2.27. The van der Waals surface area contributed by atoms with Crippen molar-refractivity contribution in [1.82, 2.24) is 0 Å². The highest BCUT2D eigenvalue weighted by Gasteiger charge is 2.30. The van der Waals surface area contributed by atoms with E-state index in [1.807, 2.05) is 0 Å². The van der Waals surface area contributed by atoms with Crippen LogP contribution in [0.3, 0.4) is 0 Å². The van der Waals surface area contributed by atoms with Gasteiger partial charge in [-0.1, -0.05) is 11.6 Å². The Morgan fingerprint density at radius 1 is 1.50 bits per heavy atom. The standard InChI is InChI=1S/C13H15ClO4/c1-13(2,12(15)16)5-8-9-6-17-7-18-11(9)4-3-10(8)14/h3-4H,5-7H2,1-2H3,(H,15,16). The van der Waals surface area contributed by atoms with Gasteiger partial charge in [-0.05, 0) is 38.0 Å². The average molecular weight is 271 g/mol. The molecule has 0 radical (unpaired) electrons. The van der Waals surface area contributed by atoms with Crippen molar-refractivity contribution in [2.24, 2.45) is 5.41 Å². The van der Waals surface area contributed by atoms with Crippen LogP contribution in [0.15, 0.2) is 12.1 Å². The maximum Gasteiger partial charge on any atom is 0.309 e. The van der Waals surface area contributed by atoms with Gasteiger partial charge in [-0.3, -0.25) is 4.79 Å². The number of hydrogen-bond donors (Lipinski definition) is 1. The Labute approximate surface area is 110 Å². The van der Waals surface area contributed by atoms with E-state index in [2.05, 4.69) is 0 Å². The zero-order chi connectivity index (χ0) is 13.3. The molecule has 0 saturated heterocycles. The SMILES string of the molecule is CC(C)(Cc1c(Cl)ccc2c1COCO2)C(=O)O. The molecule has 0 aliphatic carbocycles. The number of aliphatic carboxylic acids is 1. The minimum Gasteiger partial charge on any atom is -0.481 e. The van der Waals surface area contributed by atoms with E-state index in [-0.39, 0.29) is 6.79 Å². The summed E-state index contributed by atoms with van der Waals surface area (Å²) in [5.74, 6) is -0.129. The zero-order valence-corrected chi connectivity index (χ0v) is 11.1. The van der Waals surface area contributed by atoms with Crippen molar-refractivity contribution >= 4 is 17.6 Å². The van der Waals surface area contributed by atoms with Gasteiger partial charge in [0.25, 0.3) is 0 Å². The van der Waals surface area contributed by atoms with Gasteiger partial charge in [0.1, 0.15) is 5.75 Å². The average Bonchev–Trinajstić information content (AvgIpc) is 2.32. The Bertz CT molecular complexity index is 482. The molecule has 1 N–H and O–H groups in total. The second-order valence-electron chi connectivity index (χ2n) is 4.98. The van der Waals surface area contributed by atoms with Crippen LogP contribution in [0.5, 0.6) is 5.75 Å². The Morgan fingerprint density at radius 2 is 2.22 bits per heavy atom. The number of benzene rings is 1. The summed E-state index contributed by atoms with van der Waals surface area (Å²) < 4.78 is 10.6. The normalized spacial score (nSPS) is 14.8. The molecular weight excluding hydrogens is 256 g/mol. The molecule has 0 aromatic heterocycles. The van der Waals surface area contributed by atoms with E-state index < -0.39 is 11.4 Å². The first-order chi connectivity index (χ1) is 8.42. The highest BCUT2D eigenvalue weighted by molar-refractivity contribution is 6.31. The number of carboxylic acids is 1. The van der Waals surface area contributed by atoms with Gasteiger partial charge in [-0.15, -0.1) is 0 Å². The summed E-state index contributed by atoms with van der Waals surface area (Å²) in [5.41, 5.74) is 0.764. The summed E-state index contributed by atoms with van der Waals surface area (Å²) in [6, 6.07) is 3.52. The Morgan fingerprint density at radius 3 is 2.89 bits per heavy atom. The van der Waals surface area contributed by atoms with E-state index in [4.69, 9.17) is 21.1 Å². The zero-order valence-electron chi connectivity index (χ0n) is 10.3. The lowest BCUT2D eigenvalue weighted by atomic mass is 9.84. The topological polar surface area (TPSA) is 55.8 Å². The summed E-state index contributed by atoms with van der Waals surface area (Å²) in [6.07, 6.45) is 0.344. The Balaban J connectivity index is 2.41. The molecule has 1 heterocycles. The van der Waals surface area contributed by atoms with Crippen molar-refractivity contribution in [3.05, 3.63) is 28.3 Å². The first-order valence-electron chi connectivity index (χ1n) is 5.66. The number of halogens is 1. The van der Waals surface area contributed by atoms with Gasteiger partial charge in [0, 0.05) is 10.6 Å². The summed E-state index contributed by atoms with van der Waals surface area (Å²) in [4.78, 5) is 11.2. The molecule has 5 heteroatoms. The fourth-order valence-corrected chi connectivity index (χ4v) is 2.14. The largest absolute Gasteiger partial charge is 0.481 e. The van der Waals surface area contributed by atoms with E-state index >= 15 is 0 Å². The van der Waals surface area contributed by atoms with Crippen LogP contribution < -0.4 is 4.74 Å². The third kappa shape index (κ3) is 2.44. The number of carbonyl (C=O) groups is 1. The van der Waals surface area contributed by atoms with Gasteiger partial charge in [-0.25, -0.2) is 0 Å². The molecule has 18 heavy (non-hydrogen) atoms. The van der Waals surface area contributed by atoms with Gasteiger partial charge in [0.2, 0.25) is 0 Å². The van der Waals surface area contributed by atoms with Crippen molar-refractivity contribution in [1.29, 1.82) is 0 Å². The molecule has 98 valence electrons. The van der Waals surface area contributed by atoms with Crippen LogP contribution in [-0.4, -0.2) is 17.9 Å². The fourth-order valence-electron chi connectivity index (χ4n) is 1.89. The monoisotopic (exact) mass is 270 g/mol. The third-order valence-electron chi connectivity index (χ3n) is 3.07. The highest BCUT2D eigenvalue weighted by Crippen LogP contribution is 2.36. The first kappa shape index (κ1) is 13.2. The fraction of sp³-hybridized carbons (Fsp3) is 0.462. The minimum absolute atomic E-state index is 0.219. The Hall–Kier alpha value is -1.26. The van der Waals surface area contributed by atoms with Gasteiger partial charge in [0.15, 0.2) is 6.79 Å². The molecule has 0 amide bonds. The lowest BCUT2D eigenvalue weighted by molar-refractivity contribution is -0.146. The van der Waals surface area contributed by atoms with E-state index in [0.29, 0.717) is 18.1 Å². The number of fused-ring (bicyclic) bond motifs is 1. The summed E-state index contributed by atoms with van der Waals surface area (Å²) >= 11 is 6.17. The minimum atomic E-state index is -0.879. The van der Waals surface area contributed by atoms with Crippen LogP contribution in [-0.2, 0) is 22.6 Å². The van der Waals surface area contributed by atoms with Crippen LogP contribution in [0, 0.1) is 5.41 Å². The molecule has 1 aliphatic heterocycles. The molecular formula is C13H15ClO4. The molecule has 0 bridgehead atoms. The van der Waals surface area contributed by atoms with E-state index in [1.165, 1.54) is 0 Å². The smallest absolute Gasteiger partial charge is 0.309 e. The van der Waals surface area contributed by atoms with Crippen LogP contribution in [0.1, 0.15) is 25.0 Å². The second-order valence-corrected chi connectivity index (χ2v) is 5.39.